The molecule has 0 aliphatic heterocycles. The highest BCUT2D eigenvalue weighted by molar-refractivity contribution is 5.95. The number of carbonyl (C=O) groups excluding carboxylic acids is 1. The number of nitrogens with zero attached hydrogens (tertiary/aromatic N) is 3. The molecule has 0 aliphatic rings. The molecule has 2 rings (SSSR count). The molecule has 1 aromatic carbocycles. The van der Waals surface area contributed by atoms with Gasteiger partial charge in [-0.3, -0.25) is 4.79 Å². The summed E-state index contributed by atoms with van der Waals surface area (Å²) in [5.41, 5.74) is 7.45. The number of hydrogen-bond donors (Lipinski definition) is 2. The van der Waals surface area contributed by atoms with Crippen molar-refractivity contribution in [3.05, 3.63) is 30.1 Å². The fraction of sp³-hybridized carbons (Fsp3) is 0.400. The Morgan fingerprint density at radius 3 is 2.55 bits per heavy atom. The van der Waals surface area contributed by atoms with E-state index in [1.165, 1.54) is 0 Å². The topological polar surface area (TPSA) is 85.8 Å². The Morgan fingerprint density at radius 2 is 2.00 bits per heavy atom. The highest BCUT2D eigenvalue weighted by Gasteiger charge is 2.17. The number of amides is 1. The molecule has 7 heteroatoms. The molecule has 120 valence electrons. The minimum Gasteiger partial charge on any atom is -0.325 e. The minimum atomic E-state index is -0.522. The zero-order valence-corrected chi connectivity index (χ0v) is 14.0. The van der Waals surface area contributed by atoms with E-state index in [2.05, 4.69) is 15.5 Å². The van der Waals surface area contributed by atoms with Crippen LogP contribution in [0.1, 0.15) is 19.7 Å². The summed E-state index contributed by atoms with van der Waals surface area (Å²) in [7, 11) is 1.91. The molecule has 1 aromatic heterocycles. The molecule has 0 unspecified atom stereocenters. The predicted molar refractivity (Wildman–Crippen MR) is 89.9 cm³/mol. The molecule has 1 heterocycles. The number of aromatic nitrogens is 3. The molecule has 0 bridgehead atoms. The van der Waals surface area contributed by atoms with Crippen LogP contribution in [0.3, 0.4) is 0 Å². The van der Waals surface area contributed by atoms with Gasteiger partial charge in [-0.1, -0.05) is 26.0 Å². The third kappa shape index (κ3) is 3.84. The van der Waals surface area contributed by atoms with Crippen molar-refractivity contribution in [2.24, 2.45) is 18.7 Å². The lowest BCUT2D eigenvalue weighted by Gasteiger charge is -2.15. The predicted octanol–water partition coefficient (Wildman–Crippen LogP) is 2.13. The first-order valence-corrected chi connectivity index (χ1v) is 6.93. The van der Waals surface area contributed by atoms with E-state index in [9.17, 15) is 4.79 Å². The third-order valence-electron chi connectivity index (χ3n) is 3.50. The van der Waals surface area contributed by atoms with Gasteiger partial charge in [0.2, 0.25) is 5.91 Å². The van der Waals surface area contributed by atoms with Gasteiger partial charge in [-0.25, -0.2) is 0 Å². The molecule has 6 nitrogen and oxygen atoms in total. The number of nitrogens with one attached hydrogen (secondary N) is 1. The van der Waals surface area contributed by atoms with Crippen molar-refractivity contribution >= 4 is 24.0 Å². The highest BCUT2D eigenvalue weighted by atomic mass is 35.5. The summed E-state index contributed by atoms with van der Waals surface area (Å²) in [6.45, 7) is 5.73. The molecule has 0 aliphatic carbocycles. The molecule has 0 fully saturated rings. The van der Waals surface area contributed by atoms with Crippen LogP contribution < -0.4 is 11.1 Å². The van der Waals surface area contributed by atoms with Crippen LogP contribution in [-0.4, -0.2) is 26.7 Å². The molecular formula is C15H22ClN5O. The Hall–Kier alpha value is -1.92. The zero-order chi connectivity index (χ0) is 15.6. The second kappa shape index (κ2) is 7.38. The van der Waals surface area contributed by atoms with Crippen LogP contribution in [0.15, 0.2) is 24.3 Å². The number of halogens is 1. The Labute approximate surface area is 136 Å². The van der Waals surface area contributed by atoms with Crippen molar-refractivity contribution in [2.75, 3.05) is 5.32 Å². The number of rotatable bonds is 4. The van der Waals surface area contributed by atoms with Crippen molar-refractivity contribution < 1.29 is 4.79 Å². The lowest BCUT2D eigenvalue weighted by Crippen LogP contribution is -2.39. The third-order valence-corrected chi connectivity index (χ3v) is 3.50. The maximum atomic E-state index is 12.0. The Balaban J connectivity index is 0.00000242. The number of anilines is 1. The second-order valence-electron chi connectivity index (χ2n) is 5.47. The van der Waals surface area contributed by atoms with Gasteiger partial charge in [-0.15, -0.1) is 22.6 Å². The van der Waals surface area contributed by atoms with E-state index in [0.717, 1.165) is 17.2 Å². The Morgan fingerprint density at radius 1 is 1.32 bits per heavy atom. The largest absolute Gasteiger partial charge is 0.325 e. The van der Waals surface area contributed by atoms with E-state index < -0.39 is 6.04 Å². The average Bonchev–Trinajstić information content (AvgIpc) is 2.78. The first kappa shape index (κ1) is 18.1. The fourth-order valence-electron chi connectivity index (χ4n) is 1.92. The van der Waals surface area contributed by atoms with Crippen molar-refractivity contribution in [3.63, 3.8) is 0 Å². The number of hydrogen-bond acceptors (Lipinski definition) is 4. The summed E-state index contributed by atoms with van der Waals surface area (Å²) < 4.78 is 1.90. The standard InChI is InChI=1S/C15H21N5O.ClH/c1-9(2)13(16)15(21)17-12-7-5-6-11(8-12)14-19-18-10(3)20(14)4;/h5-9,13H,16H2,1-4H3,(H,17,21);1H/t13-;/m0./s1. The summed E-state index contributed by atoms with van der Waals surface area (Å²) in [5, 5.41) is 11.0. The molecule has 0 radical (unpaired) electrons. The monoisotopic (exact) mass is 323 g/mol. The number of nitrogens with two attached hydrogens (primary N) is 1. The van der Waals surface area contributed by atoms with Gasteiger partial charge in [-0.2, -0.15) is 0 Å². The van der Waals surface area contributed by atoms with E-state index in [0.29, 0.717) is 5.69 Å². The van der Waals surface area contributed by atoms with Gasteiger partial charge in [-0.05, 0) is 25.0 Å². The molecule has 1 atom stereocenters. The fourth-order valence-corrected chi connectivity index (χ4v) is 1.92. The van der Waals surface area contributed by atoms with E-state index in [1.807, 2.05) is 56.7 Å². The average molecular weight is 324 g/mol. The maximum Gasteiger partial charge on any atom is 0.241 e. The lowest BCUT2D eigenvalue weighted by atomic mass is 10.0. The van der Waals surface area contributed by atoms with Gasteiger partial charge in [0.25, 0.3) is 0 Å². The van der Waals surface area contributed by atoms with Gasteiger partial charge < -0.3 is 15.6 Å². The SMILES string of the molecule is Cc1nnc(-c2cccc(NC(=O)[C@@H](N)C(C)C)c2)n1C.Cl. The maximum absolute atomic E-state index is 12.0. The van der Waals surface area contributed by atoms with Gasteiger partial charge in [0.05, 0.1) is 6.04 Å². The molecule has 1 amide bonds. The van der Waals surface area contributed by atoms with Crippen molar-refractivity contribution in [2.45, 2.75) is 26.8 Å². The van der Waals surface area contributed by atoms with Crippen molar-refractivity contribution in [3.8, 4) is 11.4 Å². The first-order chi connectivity index (χ1) is 9.90. The summed E-state index contributed by atoms with van der Waals surface area (Å²) in [6.07, 6.45) is 0. The van der Waals surface area contributed by atoms with Crippen LogP contribution in [0.4, 0.5) is 5.69 Å². The van der Waals surface area contributed by atoms with E-state index in [1.54, 1.807) is 0 Å². The van der Waals surface area contributed by atoms with Crippen LogP contribution in [-0.2, 0) is 11.8 Å². The van der Waals surface area contributed by atoms with E-state index in [4.69, 9.17) is 5.73 Å². The van der Waals surface area contributed by atoms with Gasteiger partial charge in [0, 0.05) is 18.3 Å². The number of aryl methyl sites for hydroxylation is 1. The lowest BCUT2D eigenvalue weighted by molar-refractivity contribution is -0.118. The smallest absolute Gasteiger partial charge is 0.241 e. The Kier molecular flexibility index (Phi) is 6.08. The van der Waals surface area contributed by atoms with Gasteiger partial charge in [0.15, 0.2) is 5.82 Å². The number of carbonyl (C=O) groups is 1. The van der Waals surface area contributed by atoms with E-state index in [-0.39, 0.29) is 24.2 Å². The van der Waals surface area contributed by atoms with Crippen LogP contribution in [0.5, 0.6) is 0 Å². The zero-order valence-electron chi connectivity index (χ0n) is 13.2. The second-order valence-corrected chi connectivity index (χ2v) is 5.47. The summed E-state index contributed by atoms with van der Waals surface area (Å²) >= 11 is 0. The molecule has 3 N–H and O–H groups in total. The normalized spacial score (nSPS) is 11.9. The van der Waals surface area contributed by atoms with Crippen LogP contribution >= 0.6 is 12.4 Å². The first-order valence-electron chi connectivity index (χ1n) is 6.93. The van der Waals surface area contributed by atoms with Gasteiger partial charge >= 0.3 is 0 Å². The van der Waals surface area contributed by atoms with Crippen LogP contribution in [0, 0.1) is 12.8 Å². The summed E-state index contributed by atoms with van der Waals surface area (Å²) in [4.78, 5) is 12.0. The number of benzene rings is 1. The molecular weight excluding hydrogens is 302 g/mol. The summed E-state index contributed by atoms with van der Waals surface area (Å²) in [5.74, 6) is 1.50. The van der Waals surface area contributed by atoms with E-state index >= 15 is 0 Å². The molecule has 2 aromatic rings. The minimum absolute atomic E-state index is 0. The van der Waals surface area contributed by atoms with Crippen molar-refractivity contribution in [1.82, 2.24) is 14.8 Å². The van der Waals surface area contributed by atoms with Crippen molar-refractivity contribution in [1.29, 1.82) is 0 Å². The quantitative estimate of drug-likeness (QED) is 0.902. The van der Waals surface area contributed by atoms with Gasteiger partial charge in [0.1, 0.15) is 5.82 Å². The van der Waals surface area contributed by atoms with Crippen LogP contribution in [0.2, 0.25) is 0 Å². The highest BCUT2D eigenvalue weighted by Crippen LogP contribution is 2.21. The molecule has 0 spiro atoms. The van der Waals surface area contributed by atoms with Crippen LogP contribution in [0.25, 0.3) is 11.4 Å². The molecule has 0 saturated carbocycles. The molecule has 22 heavy (non-hydrogen) atoms. The summed E-state index contributed by atoms with van der Waals surface area (Å²) in [6, 6.07) is 6.98. The Bertz CT molecular complexity index is 653. The molecule has 0 saturated heterocycles.